The number of rotatable bonds is 8. The van der Waals surface area contributed by atoms with E-state index < -0.39 is 43.1 Å². The van der Waals surface area contributed by atoms with Gasteiger partial charge in [0.05, 0.1) is 4.92 Å². The van der Waals surface area contributed by atoms with E-state index in [1.807, 2.05) is 0 Å². The number of hydrogen-bond acceptors (Lipinski definition) is 6. The fourth-order valence-electron chi connectivity index (χ4n) is 2.19. The molecule has 10 heteroatoms. The summed E-state index contributed by atoms with van der Waals surface area (Å²) in [4.78, 5) is 22.4. The highest BCUT2D eigenvalue weighted by Crippen LogP contribution is 2.28. The number of nitro benzene ring substituents is 1. The molecule has 0 saturated carbocycles. The van der Waals surface area contributed by atoms with Gasteiger partial charge in [-0.15, -0.1) is 0 Å². The Labute approximate surface area is 161 Å². The van der Waals surface area contributed by atoms with Gasteiger partial charge in [0.2, 0.25) is 0 Å². The number of hydrogen-bond donors (Lipinski definition) is 0. The van der Waals surface area contributed by atoms with E-state index in [1.165, 1.54) is 19.1 Å². The highest BCUT2D eigenvalue weighted by molar-refractivity contribution is 9.09. The Morgan fingerprint density at radius 1 is 1.35 bits per heavy atom. The Morgan fingerprint density at radius 2 is 1.92 bits per heavy atom. The summed E-state index contributed by atoms with van der Waals surface area (Å²) in [5, 5.41) is 11.7. The van der Waals surface area contributed by atoms with Gasteiger partial charge in [-0.05, 0) is 40.2 Å². The van der Waals surface area contributed by atoms with Crippen LogP contribution in [0.3, 0.4) is 0 Å². The quantitative estimate of drug-likeness (QED) is 0.260. The van der Waals surface area contributed by atoms with Gasteiger partial charge >= 0.3 is 5.97 Å². The van der Waals surface area contributed by atoms with Crippen LogP contribution in [0.1, 0.15) is 34.1 Å². The van der Waals surface area contributed by atoms with Gasteiger partial charge < -0.3 is 4.74 Å². The second-order valence-corrected chi connectivity index (χ2v) is 9.24. The molecule has 0 N–H and O–H groups in total. The molecule has 0 amide bonds. The fourth-order valence-corrected chi connectivity index (χ4v) is 4.23. The first kappa shape index (κ1) is 22.5. The lowest BCUT2D eigenvalue weighted by atomic mass is 10.2. The molecule has 0 radical (unpaired) electrons. The van der Waals surface area contributed by atoms with Gasteiger partial charge in [0, 0.05) is 17.9 Å². The normalized spacial score (nSPS) is 13.5. The standard InChI is InChI=1S/C16H23BrN2O6S/c1-12(15(20)25-16(2,3)4)18(11-7-10-17)26(23,24)14-9-6-5-8-13(14)19(21)22/h5-6,8-9,12H,7,10-11H2,1-4H3/t12-/m0/s1. The molecule has 8 nitrogen and oxygen atoms in total. The minimum Gasteiger partial charge on any atom is -0.459 e. The number of para-hydroxylation sites is 1. The first-order valence-electron chi connectivity index (χ1n) is 7.96. The molecule has 0 unspecified atom stereocenters. The van der Waals surface area contributed by atoms with Gasteiger partial charge in [-0.25, -0.2) is 8.42 Å². The zero-order chi connectivity index (χ0) is 20.1. The van der Waals surface area contributed by atoms with Crippen molar-refractivity contribution in [1.29, 1.82) is 0 Å². The van der Waals surface area contributed by atoms with Crippen molar-refractivity contribution in [3.05, 3.63) is 34.4 Å². The summed E-state index contributed by atoms with van der Waals surface area (Å²) in [7, 11) is -4.28. The van der Waals surface area contributed by atoms with Crippen LogP contribution in [0, 0.1) is 10.1 Å². The van der Waals surface area contributed by atoms with Crippen molar-refractivity contribution in [2.24, 2.45) is 0 Å². The predicted molar refractivity (Wildman–Crippen MR) is 101 cm³/mol. The summed E-state index contributed by atoms with van der Waals surface area (Å²) in [6, 6.07) is 3.94. The van der Waals surface area contributed by atoms with Gasteiger partial charge in [0.15, 0.2) is 4.90 Å². The average Bonchev–Trinajstić information content (AvgIpc) is 2.53. The number of halogens is 1. The van der Waals surface area contributed by atoms with Gasteiger partial charge in [0.1, 0.15) is 11.6 Å². The molecule has 1 aromatic carbocycles. The number of esters is 1. The van der Waals surface area contributed by atoms with E-state index in [1.54, 1.807) is 20.8 Å². The van der Waals surface area contributed by atoms with Crippen molar-refractivity contribution in [2.45, 2.75) is 50.7 Å². The number of sulfonamides is 1. The Balaban J connectivity index is 3.35. The number of ether oxygens (including phenoxy) is 1. The Hall–Kier alpha value is -1.52. The summed E-state index contributed by atoms with van der Waals surface area (Å²) >= 11 is 3.23. The van der Waals surface area contributed by atoms with Crippen LogP contribution in [0.4, 0.5) is 5.69 Å². The molecule has 0 aliphatic heterocycles. The molecule has 0 aromatic heterocycles. The van der Waals surface area contributed by atoms with Crippen molar-refractivity contribution in [1.82, 2.24) is 4.31 Å². The minimum atomic E-state index is -4.28. The van der Waals surface area contributed by atoms with E-state index in [2.05, 4.69) is 15.9 Å². The van der Waals surface area contributed by atoms with Crippen LogP contribution in [-0.4, -0.2) is 47.1 Å². The summed E-state index contributed by atoms with van der Waals surface area (Å²) in [6.45, 7) is 6.46. The van der Waals surface area contributed by atoms with Crippen molar-refractivity contribution in [2.75, 3.05) is 11.9 Å². The molecule has 0 bridgehead atoms. The highest BCUT2D eigenvalue weighted by Gasteiger charge is 2.38. The summed E-state index contributed by atoms with van der Waals surface area (Å²) in [6.07, 6.45) is 0.424. The van der Waals surface area contributed by atoms with E-state index in [0.29, 0.717) is 11.8 Å². The Bertz CT molecular complexity index is 760. The lowest BCUT2D eigenvalue weighted by molar-refractivity contribution is -0.387. The van der Waals surface area contributed by atoms with Crippen LogP contribution in [0.25, 0.3) is 0 Å². The third-order valence-corrected chi connectivity index (χ3v) is 5.92. The van der Waals surface area contributed by atoms with Gasteiger partial charge in [-0.2, -0.15) is 4.31 Å². The summed E-state index contributed by atoms with van der Waals surface area (Å²) in [5.41, 5.74) is -1.32. The van der Waals surface area contributed by atoms with Crippen molar-refractivity contribution in [3.63, 3.8) is 0 Å². The molecule has 0 saturated heterocycles. The monoisotopic (exact) mass is 450 g/mol. The third-order valence-electron chi connectivity index (χ3n) is 3.34. The molecule has 0 spiro atoms. The molecule has 26 heavy (non-hydrogen) atoms. The molecule has 0 fully saturated rings. The lowest BCUT2D eigenvalue weighted by Crippen LogP contribution is -2.46. The molecule has 1 aromatic rings. The SMILES string of the molecule is C[C@@H](C(=O)OC(C)(C)C)N(CCCBr)S(=O)(=O)c1ccccc1[N+](=O)[O-]. The number of nitro groups is 1. The highest BCUT2D eigenvalue weighted by atomic mass is 79.9. The second kappa shape index (κ2) is 8.92. The largest absolute Gasteiger partial charge is 0.459 e. The van der Waals surface area contributed by atoms with Crippen molar-refractivity contribution in [3.8, 4) is 0 Å². The Morgan fingerprint density at radius 3 is 2.42 bits per heavy atom. The number of carbonyl (C=O) groups excluding carboxylic acids is 1. The van der Waals surface area contributed by atoms with Crippen LogP contribution in [0.2, 0.25) is 0 Å². The molecule has 0 aliphatic carbocycles. The molecular weight excluding hydrogens is 428 g/mol. The van der Waals surface area contributed by atoms with Crippen LogP contribution in [0.15, 0.2) is 29.2 Å². The van der Waals surface area contributed by atoms with E-state index in [0.717, 1.165) is 16.4 Å². The van der Waals surface area contributed by atoms with E-state index in [4.69, 9.17) is 4.74 Å². The molecule has 1 atom stereocenters. The summed E-state index contributed by atoms with van der Waals surface area (Å²) in [5.74, 6) is -0.714. The average molecular weight is 451 g/mol. The maximum Gasteiger partial charge on any atom is 0.324 e. The number of nitrogens with zero attached hydrogens (tertiary/aromatic N) is 2. The first-order valence-corrected chi connectivity index (χ1v) is 10.5. The molecule has 146 valence electrons. The minimum absolute atomic E-state index is 0.0139. The Kier molecular flexibility index (Phi) is 7.72. The van der Waals surface area contributed by atoms with Crippen LogP contribution >= 0.6 is 15.9 Å². The van der Waals surface area contributed by atoms with E-state index in [9.17, 15) is 23.3 Å². The predicted octanol–water partition coefficient (Wildman–Crippen LogP) is 3.10. The number of alkyl halides is 1. The second-order valence-electron chi connectivity index (χ2n) is 6.59. The number of benzene rings is 1. The van der Waals surface area contributed by atoms with Crippen molar-refractivity contribution < 1.29 is 22.9 Å². The zero-order valence-corrected chi connectivity index (χ0v) is 17.5. The molecule has 0 aliphatic rings. The first-order chi connectivity index (χ1) is 11.9. The third kappa shape index (κ3) is 5.75. The lowest BCUT2D eigenvalue weighted by Gasteiger charge is -2.29. The zero-order valence-electron chi connectivity index (χ0n) is 15.1. The van der Waals surface area contributed by atoms with Crippen LogP contribution < -0.4 is 0 Å². The number of carbonyl (C=O) groups is 1. The topological polar surface area (TPSA) is 107 Å². The van der Waals surface area contributed by atoms with Crippen molar-refractivity contribution >= 4 is 37.6 Å². The van der Waals surface area contributed by atoms with Crippen LogP contribution in [0.5, 0.6) is 0 Å². The van der Waals surface area contributed by atoms with Gasteiger partial charge in [-0.3, -0.25) is 14.9 Å². The van der Waals surface area contributed by atoms with E-state index >= 15 is 0 Å². The van der Waals surface area contributed by atoms with E-state index in [-0.39, 0.29) is 6.54 Å². The van der Waals surface area contributed by atoms with Gasteiger partial charge in [0.25, 0.3) is 15.7 Å². The summed E-state index contributed by atoms with van der Waals surface area (Å²) < 4.78 is 32.4. The van der Waals surface area contributed by atoms with Gasteiger partial charge in [-0.1, -0.05) is 28.1 Å². The fraction of sp³-hybridized carbons (Fsp3) is 0.562. The molecule has 0 heterocycles. The van der Waals surface area contributed by atoms with Crippen LogP contribution in [-0.2, 0) is 19.6 Å². The smallest absolute Gasteiger partial charge is 0.324 e. The maximum atomic E-state index is 13.1. The maximum absolute atomic E-state index is 13.1. The molecular formula is C16H23BrN2O6S. The molecule has 1 rings (SSSR count).